The van der Waals surface area contributed by atoms with Crippen molar-refractivity contribution in [1.82, 2.24) is 9.36 Å². The maximum absolute atomic E-state index is 12.7. The molecule has 10 heteroatoms. The second kappa shape index (κ2) is 9.50. The minimum atomic E-state index is -4.37. The van der Waals surface area contributed by atoms with Gasteiger partial charge in [0.1, 0.15) is 10.8 Å². The highest BCUT2D eigenvalue weighted by molar-refractivity contribution is 7.99. The highest BCUT2D eigenvalue weighted by Gasteiger charge is 2.30. The minimum absolute atomic E-state index is 0.419. The zero-order chi connectivity index (χ0) is 23.5. The SMILES string of the molecule is Cc1cc(SCCc2nc(-c3ccc(C(F)(F)F)cc3)ns2)ccc1OC(C)(C)C(=O)O. The van der Waals surface area contributed by atoms with Crippen LogP contribution in [0.3, 0.4) is 0 Å². The first kappa shape index (κ1) is 24.1. The summed E-state index contributed by atoms with van der Waals surface area (Å²) in [4.78, 5) is 16.7. The van der Waals surface area contributed by atoms with E-state index in [0.29, 0.717) is 23.6 Å². The van der Waals surface area contributed by atoms with Crippen LogP contribution in [0, 0.1) is 6.92 Å². The first-order chi connectivity index (χ1) is 15.0. The molecule has 1 heterocycles. The molecule has 0 bridgehead atoms. The Bertz CT molecular complexity index is 1100. The van der Waals surface area contributed by atoms with Crippen LogP contribution < -0.4 is 4.74 Å². The van der Waals surface area contributed by atoms with Crippen LogP contribution in [0.25, 0.3) is 11.4 Å². The lowest BCUT2D eigenvalue weighted by Gasteiger charge is -2.23. The van der Waals surface area contributed by atoms with Crippen molar-refractivity contribution in [3.05, 3.63) is 58.6 Å². The van der Waals surface area contributed by atoms with E-state index in [4.69, 9.17) is 4.74 Å². The molecule has 0 unspecified atom stereocenters. The fourth-order valence-electron chi connectivity index (χ4n) is 2.68. The Balaban J connectivity index is 1.57. The molecule has 0 fully saturated rings. The number of benzene rings is 2. The number of halogens is 3. The smallest absolute Gasteiger partial charge is 0.416 e. The van der Waals surface area contributed by atoms with E-state index in [1.165, 1.54) is 37.5 Å². The highest BCUT2D eigenvalue weighted by atomic mass is 32.2. The third-order valence-corrected chi connectivity index (χ3v) is 6.32. The molecular formula is C22H21F3N2O3S2. The van der Waals surface area contributed by atoms with Crippen LogP contribution in [-0.2, 0) is 17.4 Å². The highest BCUT2D eigenvalue weighted by Crippen LogP contribution is 2.31. The molecule has 0 radical (unpaired) electrons. The normalized spacial score (nSPS) is 12.1. The molecule has 0 saturated carbocycles. The summed E-state index contributed by atoms with van der Waals surface area (Å²) in [5.74, 6) is 0.638. The number of aromatic nitrogens is 2. The number of hydrogen-bond donors (Lipinski definition) is 1. The summed E-state index contributed by atoms with van der Waals surface area (Å²) in [6.07, 6.45) is -3.71. The van der Waals surface area contributed by atoms with E-state index in [9.17, 15) is 23.1 Å². The summed E-state index contributed by atoms with van der Waals surface area (Å²) in [6, 6.07) is 10.4. The van der Waals surface area contributed by atoms with Crippen molar-refractivity contribution in [2.45, 2.75) is 43.9 Å². The Morgan fingerprint density at radius 3 is 2.44 bits per heavy atom. The molecule has 1 aromatic heterocycles. The largest absolute Gasteiger partial charge is 0.478 e. The van der Waals surface area contributed by atoms with Crippen molar-refractivity contribution in [2.24, 2.45) is 0 Å². The number of thioether (sulfide) groups is 1. The first-order valence-corrected chi connectivity index (χ1v) is 11.4. The lowest BCUT2D eigenvalue weighted by atomic mass is 10.1. The molecule has 2 aromatic carbocycles. The van der Waals surface area contributed by atoms with E-state index >= 15 is 0 Å². The van der Waals surface area contributed by atoms with Gasteiger partial charge in [-0.3, -0.25) is 0 Å². The van der Waals surface area contributed by atoms with E-state index in [2.05, 4.69) is 9.36 Å². The monoisotopic (exact) mass is 482 g/mol. The van der Waals surface area contributed by atoms with Crippen molar-refractivity contribution in [3.8, 4) is 17.1 Å². The quantitative estimate of drug-likeness (QED) is 0.391. The average molecular weight is 483 g/mol. The summed E-state index contributed by atoms with van der Waals surface area (Å²) in [7, 11) is 0. The second-order valence-corrected chi connectivity index (χ2v) is 9.53. The lowest BCUT2D eigenvalue weighted by molar-refractivity contribution is -0.152. The number of rotatable bonds is 8. The summed E-state index contributed by atoms with van der Waals surface area (Å²) >= 11 is 2.85. The van der Waals surface area contributed by atoms with Gasteiger partial charge in [-0.2, -0.15) is 17.5 Å². The van der Waals surface area contributed by atoms with Crippen LogP contribution in [0.5, 0.6) is 5.75 Å². The third-order valence-electron chi connectivity index (χ3n) is 4.55. The number of aryl methyl sites for hydroxylation is 2. The maximum Gasteiger partial charge on any atom is 0.416 e. The Morgan fingerprint density at radius 2 is 1.84 bits per heavy atom. The summed E-state index contributed by atoms with van der Waals surface area (Å²) in [5.41, 5.74) is -0.637. The van der Waals surface area contributed by atoms with Crippen LogP contribution in [0.1, 0.15) is 30.0 Å². The van der Waals surface area contributed by atoms with Crippen LogP contribution >= 0.6 is 23.3 Å². The number of carboxylic acid groups (broad SMARTS) is 1. The van der Waals surface area contributed by atoms with E-state index in [-0.39, 0.29) is 0 Å². The Morgan fingerprint density at radius 1 is 1.16 bits per heavy atom. The number of aliphatic carboxylic acids is 1. The van der Waals surface area contributed by atoms with Gasteiger partial charge < -0.3 is 9.84 Å². The maximum atomic E-state index is 12.7. The van der Waals surface area contributed by atoms with Gasteiger partial charge in [-0.1, -0.05) is 12.1 Å². The fourth-order valence-corrected chi connectivity index (χ4v) is 4.43. The second-order valence-electron chi connectivity index (χ2n) is 7.53. The zero-order valence-corrected chi connectivity index (χ0v) is 19.2. The number of carboxylic acids is 1. The molecule has 0 atom stereocenters. The van der Waals surface area contributed by atoms with Gasteiger partial charge in [-0.25, -0.2) is 9.78 Å². The number of alkyl halides is 3. The van der Waals surface area contributed by atoms with Crippen molar-refractivity contribution >= 4 is 29.3 Å². The third kappa shape index (κ3) is 6.01. The summed E-state index contributed by atoms with van der Waals surface area (Å²) in [6.45, 7) is 4.86. The predicted molar refractivity (Wildman–Crippen MR) is 118 cm³/mol. The van der Waals surface area contributed by atoms with E-state index < -0.39 is 23.3 Å². The van der Waals surface area contributed by atoms with E-state index in [1.807, 2.05) is 19.1 Å². The summed E-state index contributed by atoms with van der Waals surface area (Å²) in [5, 5.41) is 10.0. The molecule has 0 aliphatic rings. The first-order valence-electron chi connectivity index (χ1n) is 9.62. The average Bonchev–Trinajstić information content (AvgIpc) is 3.18. The van der Waals surface area contributed by atoms with Crippen molar-refractivity contribution in [3.63, 3.8) is 0 Å². The van der Waals surface area contributed by atoms with Gasteiger partial charge in [0.15, 0.2) is 11.4 Å². The topological polar surface area (TPSA) is 72.3 Å². The Labute approximate surface area is 191 Å². The van der Waals surface area contributed by atoms with Gasteiger partial charge in [0.25, 0.3) is 0 Å². The number of hydrogen-bond acceptors (Lipinski definition) is 6. The molecule has 170 valence electrons. The van der Waals surface area contributed by atoms with Gasteiger partial charge in [-0.15, -0.1) is 11.8 Å². The molecule has 0 aliphatic carbocycles. The number of nitrogens with zero attached hydrogens (tertiary/aromatic N) is 2. The van der Waals surface area contributed by atoms with Crippen molar-refractivity contribution in [1.29, 1.82) is 0 Å². The molecule has 3 rings (SSSR count). The Kier molecular flexibility index (Phi) is 7.14. The number of ether oxygens (including phenoxy) is 1. The van der Waals surface area contributed by atoms with Gasteiger partial charge in [0, 0.05) is 22.6 Å². The van der Waals surface area contributed by atoms with Crippen LogP contribution in [0.15, 0.2) is 47.4 Å². The van der Waals surface area contributed by atoms with Crippen LogP contribution in [0.2, 0.25) is 0 Å². The molecule has 3 aromatic rings. The standard InChI is InChI=1S/C22H21F3N2O3S2/c1-13-12-16(8-9-17(13)30-21(2,3)20(28)29)31-11-10-18-26-19(27-32-18)14-4-6-15(7-5-14)22(23,24)25/h4-9,12H,10-11H2,1-3H3,(H,28,29). The van der Waals surface area contributed by atoms with Gasteiger partial charge >= 0.3 is 12.1 Å². The summed E-state index contributed by atoms with van der Waals surface area (Å²) < 4.78 is 47.9. The molecule has 1 N–H and O–H groups in total. The molecule has 32 heavy (non-hydrogen) atoms. The van der Waals surface area contributed by atoms with Crippen molar-refractivity contribution < 1.29 is 27.8 Å². The van der Waals surface area contributed by atoms with Crippen LogP contribution in [0.4, 0.5) is 13.2 Å². The van der Waals surface area contributed by atoms with E-state index in [1.54, 1.807) is 17.8 Å². The fraction of sp³-hybridized carbons (Fsp3) is 0.318. The molecule has 0 amide bonds. The molecule has 5 nitrogen and oxygen atoms in total. The zero-order valence-electron chi connectivity index (χ0n) is 17.6. The van der Waals surface area contributed by atoms with Crippen LogP contribution in [-0.4, -0.2) is 31.8 Å². The molecular weight excluding hydrogens is 461 g/mol. The molecule has 0 spiro atoms. The Hall–Kier alpha value is -2.59. The van der Waals surface area contributed by atoms with E-state index in [0.717, 1.165) is 33.4 Å². The molecule has 0 aliphatic heterocycles. The minimum Gasteiger partial charge on any atom is -0.478 e. The number of carbonyl (C=O) groups is 1. The predicted octanol–water partition coefficient (Wildman–Crippen LogP) is 6.11. The van der Waals surface area contributed by atoms with Gasteiger partial charge in [0.2, 0.25) is 0 Å². The van der Waals surface area contributed by atoms with Gasteiger partial charge in [0.05, 0.1) is 5.56 Å². The van der Waals surface area contributed by atoms with Crippen molar-refractivity contribution in [2.75, 3.05) is 5.75 Å². The van der Waals surface area contributed by atoms with Gasteiger partial charge in [-0.05, 0) is 68.2 Å². The molecule has 0 saturated heterocycles. The lowest BCUT2D eigenvalue weighted by Crippen LogP contribution is -2.38.